The van der Waals surface area contributed by atoms with E-state index in [0.29, 0.717) is 6.04 Å². The van der Waals surface area contributed by atoms with Crippen LogP contribution in [0.3, 0.4) is 0 Å². The maximum Gasteiger partial charge on any atom is 0.179 e. The molecule has 0 saturated heterocycles. The maximum absolute atomic E-state index is 5.43. The summed E-state index contributed by atoms with van der Waals surface area (Å²) in [5, 5.41) is 4.53. The van der Waals surface area contributed by atoms with Crippen molar-refractivity contribution in [3.05, 3.63) is 10.5 Å². The minimum atomic E-state index is 0.427. The summed E-state index contributed by atoms with van der Waals surface area (Å²) in [5.41, 5.74) is 3.18. The predicted molar refractivity (Wildman–Crippen MR) is 76.5 cm³/mol. The van der Waals surface area contributed by atoms with Gasteiger partial charge in [-0.05, 0) is 47.1 Å². The van der Waals surface area contributed by atoms with Crippen molar-refractivity contribution in [3.8, 4) is 0 Å². The second-order valence-corrected chi connectivity index (χ2v) is 5.34. The first-order valence-corrected chi connectivity index (χ1v) is 6.68. The van der Waals surface area contributed by atoms with Crippen molar-refractivity contribution in [1.29, 1.82) is 0 Å². The lowest BCUT2D eigenvalue weighted by atomic mass is 10.3. The van der Waals surface area contributed by atoms with Gasteiger partial charge in [0.05, 0.1) is 5.69 Å². The van der Waals surface area contributed by atoms with Crippen LogP contribution in [0.4, 0.5) is 0 Å². The van der Waals surface area contributed by atoms with Gasteiger partial charge in [-0.15, -0.1) is 0 Å². The van der Waals surface area contributed by atoms with Gasteiger partial charge >= 0.3 is 0 Å². The number of aromatic nitrogens is 4. The Kier molecular flexibility index (Phi) is 3.59. The van der Waals surface area contributed by atoms with Crippen molar-refractivity contribution < 1.29 is 0 Å². The molecule has 2 heterocycles. The number of hydrogen-bond donors (Lipinski definition) is 1. The van der Waals surface area contributed by atoms with Gasteiger partial charge in [0.15, 0.2) is 10.4 Å². The van der Waals surface area contributed by atoms with Gasteiger partial charge < -0.3 is 14.5 Å². The third-order valence-corrected chi connectivity index (χ3v) is 3.78. The molecule has 0 aromatic carbocycles. The number of fused-ring (bicyclic) bond motifs is 1. The summed E-state index contributed by atoms with van der Waals surface area (Å²) in [5.74, 6) is 0. The summed E-state index contributed by atoms with van der Waals surface area (Å²) in [4.78, 5) is 5.46. The van der Waals surface area contributed by atoms with E-state index >= 15 is 0 Å². The third-order valence-electron chi connectivity index (χ3n) is 3.46. The summed E-state index contributed by atoms with van der Waals surface area (Å²) in [6.07, 6.45) is 0. The third kappa shape index (κ3) is 2.10. The molecule has 2 rings (SSSR count). The van der Waals surface area contributed by atoms with Crippen molar-refractivity contribution in [2.75, 3.05) is 14.1 Å². The van der Waals surface area contributed by atoms with Crippen molar-refractivity contribution >= 4 is 23.4 Å². The van der Waals surface area contributed by atoms with Crippen LogP contribution in [0, 0.1) is 11.7 Å². The number of H-pyrrole nitrogens is 1. The number of likely N-dealkylation sites (N-methyl/N-ethyl adjacent to an activating group) is 1. The topological polar surface area (TPSA) is 41.8 Å². The summed E-state index contributed by atoms with van der Waals surface area (Å²) < 4.78 is 4.94. The zero-order chi connectivity index (χ0) is 13.4. The van der Waals surface area contributed by atoms with Crippen LogP contribution in [0.25, 0.3) is 11.2 Å². The average molecular weight is 267 g/mol. The first-order chi connectivity index (χ1) is 8.45. The summed E-state index contributed by atoms with van der Waals surface area (Å²) >= 11 is 5.43. The van der Waals surface area contributed by atoms with Gasteiger partial charge in [0, 0.05) is 19.1 Å². The Hall–Kier alpha value is -1.14. The molecule has 0 aliphatic heterocycles. The monoisotopic (exact) mass is 267 g/mol. The van der Waals surface area contributed by atoms with Crippen molar-refractivity contribution in [1.82, 2.24) is 24.2 Å². The quantitative estimate of drug-likeness (QED) is 0.863. The number of nitrogens with one attached hydrogen (secondary N) is 1. The lowest BCUT2D eigenvalue weighted by Gasteiger charge is -2.20. The van der Waals surface area contributed by atoms with Gasteiger partial charge in [0.1, 0.15) is 5.52 Å². The van der Waals surface area contributed by atoms with Crippen molar-refractivity contribution in [3.63, 3.8) is 0 Å². The maximum atomic E-state index is 5.43. The lowest BCUT2D eigenvalue weighted by molar-refractivity contribution is 0.284. The van der Waals surface area contributed by atoms with Crippen LogP contribution in [0.2, 0.25) is 0 Å². The number of aryl methyl sites for hydroxylation is 2. The molecular formula is C12H21N5S. The average Bonchev–Trinajstić information content (AvgIpc) is 2.78. The van der Waals surface area contributed by atoms with Crippen LogP contribution >= 0.6 is 12.2 Å². The first kappa shape index (κ1) is 13.3. The molecule has 0 fully saturated rings. The Bertz CT molecular complexity index is 604. The molecule has 1 atom stereocenters. The Morgan fingerprint density at radius 1 is 1.44 bits per heavy atom. The molecule has 0 amide bonds. The highest BCUT2D eigenvalue weighted by atomic mass is 32.1. The number of nitrogens with zero attached hydrogens (tertiary/aromatic N) is 4. The van der Waals surface area contributed by atoms with Crippen LogP contribution < -0.4 is 0 Å². The molecule has 0 spiro atoms. The van der Waals surface area contributed by atoms with E-state index in [-0.39, 0.29) is 0 Å². The molecule has 100 valence electrons. The van der Waals surface area contributed by atoms with E-state index in [2.05, 4.69) is 47.5 Å². The molecule has 2 aromatic heterocycles. The Balaban J connectivity index is 2.55. The molecule has 0 saturated carbocycles. The fraction of sp³-hybridized carbons (Fsp3) is 0.667. The van der Waals surface area contributed by atoms with Gasteiger partial charge in [0.25, 0.3) is 0 Å². The van der Waals surface area contributed by atoms with Gasteiger partial charge in [0.2, 0.25) is 0 Å². The number of imidazole rings is 1. The highest BCUT2D eigenvalue weighted by Gasteiger charge is 2.16. The molecule has 1 unspecified atom stereocenters. The predicted octanol–water partition coefficient (Wildman–Crippen LogP) is 2.17. The van der Waals surface area contributed by atoms with Crippen LogP contribution in [-0.2, 0) is 13.1 Å². The molecule has 0 aliphatic rings. The number of aromatic amines is 1. The minimum Gasteiger partial charge on any atom is -0.328 e. The molecule has 18 heavy (non-hydrogen) atoms. The van der Waals surface area contributed by atoms with Crippen LogP contribution in [-0.4, -0.2) is 44.4 Å². The van der Waals surface area contributed by atoms with Crippen molar-refractivity contribution in [2.24, 2.45) is 0 Å². The van der Waals surface area contributed by atoms with E-state index in [4.69, 9.17) is 12.2 Å². The largest absolute Gasteiger partial charge is 0.328 e. The molecule has 5 nitrogen and oxygen atoms in total. The SMILES string of the molecule is CCn1nc(C)c2[nH]c(=S)n(CC(C)N(C)C)c21. The molecular weight excluding hydrogens is 246 g/mol. The second kappa shape index (κ2) is 4.85. The Labute approximate surface area is 112 Å². The number of hydrogen-bond acceptors (Lipinski definition) is 3. The summed E-state index contributed by atoms with van der Waals surface area (Å²) in [6, 6.07) is 0.427. The van der Waals surface area contributed by atoms with Gasteiger partial charge in [-0.2, -0.15) is 5.10 Å². The highest BCUT2D eigenvalue weighted by molar-refractivity contribution is 7.71. The summed E-state index contributed by atoms with van der Waals surface area (Å²) in [7, 11) is 4.17. The van der Waals surface area contributed by atoms with E-state index in [1.807, 2.05) is 11.6 Å². The Morgan fingerprint density at radius 3 is 2.67 bits per heavy atom. The summed E-state index contributed by atoms with van der Waals surface area (Å²) in [6.45, 7) is 8.03. The molecule has 2 aromatic rings. The highest BCUT2D eigenvalue weighted by Crippen LogP contribution is 2.18. The molecule has 0 aliphatic carbocycles. The van der Waals surface area contributed by atoms with Crippen LogP contribution in [0.15, 0.2) is 0 Å². The minimum absolute atomic E-state index is 0.427. The van der Waals surface area contributed by atoms with Gasteiger partial charge in [-0.25, -0.2) is 4.68 Å². The smallest absolute Gasteiger partial charge is 0.179 e. The van der Waals surface area contributed by atoms with E-state index in [0.717, 1.165) is 34.7 Å². The molecule has 0 radical (unpaired) electrons. The van der Waals surface area contributed by atoms with E-state index in [1.165, 1.54) is 0 Å². The van der Waals surface area contributed by atoms with E-state index in [1.54, 1.807) is 0 Å². The van der Waals surface area contributed by atoms with Gasteiger partial charge in [-0.3, -0.25) is 0 Å². The first-order valence-electron chi connectivity index (χ1n) is 6.28. The molecule has 0 bridgehead atoms. The molecule has 6 heteroatoms. The lowest BCUT2D eigenvalue weighted by Crippen LogP contribution is -2.29. The fourth-order valence-corrected chi connectivity index (χ4v) is 2.34. The van der Waals surface area contributed by atoms with E-state index < -0.39 is 0 Å². The standard InChI is InChI=1S/C12H21N5S/c1-6-17-11-10(9(3)14-17)13-12(18)16(11)7-8(2)15(4)5/h8H,6-7H2,1-5H3,(H,13,18). The van der Waals surface area contributed by atoms with Gasteiger partial charge in [-0.1, -0.05) is 0 Å². The zero-order valence-electron chi connectivity index (χ0n) is 11.7. The van der Waals surface area contributed by atoms with Crippen LogP contribution in [0.1, 0.15) is 19.5 Å². The molecule has 1 N–H and O–H groups in total. The zero-order valence-corrected chi connectivity index (χ0v) is 12.5. The fourth-order valence-electron chi connectivity index (χ4n) is 2.08. The van der Waals surface area contributed by atoms with Crippen molar-refractivity contribution in [2.45, 2.75) is 39.9 Å². The number of rotatable bonds is 4. The Morgan fingerprint density at radius 2 is 2.11 bits per heavy atom. The second-order valence-electron chi connectivity index (χ2n) is 4.95. The van der Waals surface area contributed by atoms with Crippen LogP contribution in [0.5, 0.6) is 0 Å². The normalized spacial score (nSPS) is 13.7. The van der Waals surface area contributed by atoms with E-state index in [9.17, 15) is 0 Å².